The summed E-state index contributed by atoms with van der Waals surface area (Å²) in [4.78, 5) is 23.4. The number of carbonyl (C=O) groups is 2. The van der Waals surface area contributed by atoms with E-state index in [4.69, 9.17) is 4.74 Å². The highest BCUT2D eigenvalue weighted by Crippen LogP contribution is 2.23. The molecule has 0 saturated heterocycles. The smallest absolute Gasteiger partial charge is 0.255 e. The van der Waals surface area contributed by atoms with Gasteiger partial charge >= 0.3 is 0 Å². The van der Waals surface area contributed by atoms with Crippen LogP contribution in [-0.2, 0) is 4.79 Å². The quantitative estimate of drug-likeness (QED) is 0.710. The number of nitrogens with one attached hydrogen (secondary N) is 2. The molecule has 0 heterocycles. The number of amides is 2. The second-order valence-corrected chi connectivity index (χ2v) is 4.77. The highest BCUT2D eigenvalue weighted by Gasteiger charge is 2.12. The van der Waals surface area contributed by atoms with E-state index in [1.165, 1.54) is 19.2 Å². The summed E-state index contributed by atoms with van der Waals surface area (Å²) in [5.41, 5.74) is 0.151. The third-order valence-electron chi connectivity index (χ3n) is 3.11. The van der Waals surface area contributed by atoms with Crippen LogP contribution in [0.4, 0.5) is 0 Å². The van der Waals surface area contributed by atoms with Crippen LogP contribution in [0.2, 0.25) is 0 Å². The molecular weight excluding hydrogens is 272 g/mol. The van der Waals surface area contributed by atoms with Crippen LogP contribution in [0.25, 0.3) is 0 Å². The summed E-state index contributed by atoms with van der Waals surface area (Å²) in [6.07, 6.45) is 1.06. The van der Waals surface area contributed by atoms with Gasteiger partial charge in [0.15, 0.2) is 0 Å². The lowest BCUT2D eigenvalue weighted by atomic mass is 10.1. The zero-order chi connectivity index (χ0) is 15.8. The maximum absolute atomic E-state index is 11.9. The topological polar surface area (TPSA) is 87.7 Å². The molecule has 0 aliphatic carbocycles. The molecule has 2 amide bonds. The van der Waals surface area contributed by atoms with Crippen molar-refractivity contribution < 1.29 is 19.4 Å². The highest BCUT2D eigenvalue weighted by atomic mass is 16.5. The van der Waals surface area contributed by atoms with E-state index >= 15 is 0 Å². The Labute approximate surface area is 124 Å². The van der Waals surface area contributed by atoms with Gasteiger partial charge in [-0.15, -0.1) is 0 Å². The summed E-state index contributed by atoms with van der Waals surface area (Å²) in [6.45, 7) is 4.12. The lowest BCUT2D eigenvalue weighted by Crippen LogP contribution is -2.35. The van der Waals surface area contributed by atoms with Crippen molar-refractivity contribution in [1.82, 2.24) is 10.6 Å². The number of aromatic hydroxyl groups is 1. The molecule has 6 heteroatoms. The third kappa shape index (κ3) is 5.33. The van der Waals surface area contributed by atoms with Crippen molar-refractivity contribution in [3.63, 3.8) is 0 Å². The maximum atomic E-state index is 11.9. The number of carbonyl (C=O) groups excluding carboxylic acids is 2. The van der Waals surface area contributed by atoms with E-state index in [1.54, 1.807) is 6.07 Å². The number of hydrogen-bond donors (Lipinski definition) is 3. The fraction of sp³-hybridized carbons (Fsp3) is 0.467. The molecule has 116 valence electrons. The summed E-state index contributed by atoms with van der Waals surface area (Å²) >= 11 is 0. The molecule has 1 unspecified atom stereocenters. The first-order valence-corrected chi connectivity index (χ1v) is 6.92. The Balaban J connectivity index is 2.46. The number of benzene rings is 1. The minimum absolute atomic E-state index is 0.108. The van der Waals surface area contributed by atoms with Crippen molar-refractivity contribution in [2.75, 3.05) is 13.7 Å². The average Bonchev–Trinajstić information content (AvgIpc) is 2.46. The van der Waals surface area contributed by atoms with E-state index < -0.39 is 5.91 Å². The number of phenolic OH excluding ortho intramolecular Hbond substituents is 1. The van der Waals surface area contributed by atoms with Crippen LogP contribution >= 0.6 is 0 Å². The van der Waals surface area contributed by atoms with Gasteiger partial charge in [0.1, 0.15) is 11.5 Å². The van der Waals surface area contributed by atoms with Gasteiger partial charge in [-0.3, -0.25) is 9.59 Å². The minimum Gasteiger partial charge on any atom is -0.507 e. The van der Waals surface area contributed by atoms with Crippen LogP contribution in [0, 0.1) is 0 Å². The molecule has 1 aromatic rings. The fourth-order valence-corrected chi connectivity index (χ4v) is 1.66. The number of ether oxygens (including phenoxy) is 1. The molecule has 0 spiro atoms. The number of rotatable bonds is 7. The first-order valence-electron chi connectivity index (χ1n) is 6.92. The molecule has 1 atom stereocenters. The van der Waals surface area contributed by atoms with Crippen molar-refractivity contribution in [2.24, 2.45) is 0 Å². The average molecular weight is 294 g/mol. The largest absolute Gasteiger partial charge is 0.507 e. The number of methoxy groups -OCH3 is 1. The summed E-state index contributed by atoms with van der Waals surface area (Å²) in [6, 6.07) is 4.55. The molecule has 3 N–H and O–H groups in total. The molecule has 0 saturated carbocycles. The zero-order valence-corrected chi connectivity index (χ0v) is 12.6. The number of hydrogen-bond acceptors (Lipinski definition) is 4. The maximum Gasteiger partial charge on any atom is 0.255 e. The van der Waals surface area contributed by atoms with E-state index in [2.05, 4.69) is 10.6 Å². The molecule has 6 nitrogen and oxygen atoms in total. The van der Waals surface area contributed by atoms with Crippen LogP contribution in [0.1, 0.15) is 37.0 Å². The summed E-state index contributed by atoms with van der Waals surface area (Å²) < 4.78 is 4.95. The molecule has 1 rings (SSSR count). The molecule has 0 fully saturated rings. The van der Waals surface area contributed by atoms with E-state index in [0.29, 0.717) is 5.75 Å². The first kappa shape index (κ1) is 16.8. The normalized spacial score (nSPS) is 11.6. The standard InChI is InChI=1S/C15H22N2O4/c1-4-10(2)17-14(19)7-8-16-15(20)12-6-5-11(21-3)9-13(12)18/h5-6,9-10,18H,4,7-8H2,1-3H3,(H,16,20)(H,17,19). The lowest BCUT2D eigenvalue weighted by Gasteiger charge is -2.12. The summed E-state index contributed by atoms with van der Waals surface area (Å²) in [5, 5.41) is 15.1. The first-order chi connectivity index (χ1) is 9.97. The van der Waals surface area contributed by atoms with Gasteiger partial charge in [0.25, 0.3) is 5.91 Å². The van der Waals surface area contributed by atoms with Crippen LogP contribution in [0.3, 0.4) is 0 Å². The van der Waals surface area contributed by atoms with Crippen LogP contribution in [0.5, 0.6) is 11.5 Å². The second-order valence-electron chi connectivity index (χ2n) is 4.77. The van der Waals surface area contributed by atoms with E-state index in [9.17, 15) is 14.7 Å². The van der Waals surface area contributed by atoms with Gasteiger partial charge in [0, 0.05) is 25.1 Å². The molecule has 0 radical (unpaired) electrons. The third-order valence-corrected chi connectivity index (χ3v) is 3.11. The molecule has 0 aliphatic heterocycles. The molecule has 0 aliphatic rings. The predicted molar refractivity (Wildman–Crippen MR) is 79.5 cm³/mol. The fourth-order valence-electron chi connectivity index (χ4n) is 1.66. The van der Waals surface area contributed by atoms with Gasteiger partial charge in [-0.25, -0.2) is 0 Å². The Morgan fingerprint density at radius 1 is 1.38 bits per heavy atom. The molecule has 0 bridgehead atoms. The molecule has 1 aromatic carbocycles. The monoisotopic (exact) mass is 294 g/mol. The predicted octanol–water partition coefficient (Wildman–Crippen LogP) is 1.44. The zero-order valence-electron chi connectivity index (χ0n) is 12.6. The van der Waals surface area contributed by atoms with E-state index in [-0.39, 0.29) is 36.2 Å². The van der Waals surface area contributed by atoms with Crippen molar-refractivity contribution >= 4 is 11.8 Å². The van der Waals surface area contributed by atoms with Gasteiger partial charge < -0.3 is 20.5 Å². The van der Waals surface area contributed by atoms with Gasteiger partial charge in [-0.05, 0) is 25.5 Å². The Bertz CT molecular complexity index is 502. The van der Waals surface area contributed by atoms with E-state index in [1.807, 2.05) is 13.8 Å². The van der Waals surface area contributed by atoms with Gasteiger partial charge in [0.2, 0.25) is 5.91 Å². The SMILES string of the molecule is CCC(C)NC(=O)CCNC(=O)c1ccc(OC)cc1O. The summed E-state index contributed by atoms with van der Waals surface area (Å²) in [7, 11) is 1.48. The minimum atomic E-state index is -0.425. The Morgan fingerprint density at radius 3 is 2.67 bits per heavy atom. The second kappa shape index (κ2) is 8.14. The van der Waals surface area contributed by atoms with Gasteiger partial charge in [-0.2, -0.15) is 0 Å². The summed E-state index contributed by atoms with van der Waals surface area (Å²) in [5.74, 6) is -0.219. The van der Waals surface area contributed by atoms with Crippen LogP contribution in [0.15, 0.2) is 18.2 Å². The molecule has 21 heavy (non-hydrogen) atoms. The lowest BCUT2D eigenvalue weighted by molar-refractivity contribution is -0.121. The van der Waals surface area contributed by atoms with Crippen molar-refractivity contribution in [3.05, 3.63) is 23.8 Å². The molecule has 0 aromatic heterocycles. The van der Waals surface area contributed by atoms with Gasteiger partial charge in [0.05, 0.1) is 12.7 Å². The Kier molecular flexibility index (Phi) is 6.52. The van der Waals surface area contributed by atoms with Crippen molar-refractivity contribution in [1.29, 1.82) is 0 Å². The van der Waals surface area contributed by atoms with E-state index in [0.717, 1.165) is 6.42 Å². The van der Waals surface area contributed by atoms with Crippen molar-refractivity contribution in [3.8, 4) is 11.5 Å². The van der Waals surface area contributed by atoms with Crippen LogP contribution in [-0.4, -0.2) is 36.6 Å². The van der Waals surface area contributed by atoms with Gasteiger partial charge in [-0.1, -0.05) is 6.92 Å². The van der Waals surface area contributed by atoms with Crippen LogP contribution < -0.4 is 15.4 Å². The molecular formula is C15H22N2O4. The number of phenols is 1. The highest BCUT2D eigenvalue weighted by molar-refractivity contribution is 5.97. The Hall–Kier alpha value is -2.24. The van der Waals surface area contributed by atoms with Crippen molar-refractivity contribution in [2.45, 2.75) is 32.7 Å². The Morgan fingerprint density at radius 2 is 2.10 bits per heavy atom.